The number of carbonyl (C=O) groups excluding carboxylic acids is 1. The van der Waals surface area contributed by atoms with E-state index in [9.17, 15) is 4.79 Å². The molecule has 0 aromatic heterocycles. The lowest BCUT2D eigenvalue weighted by Gasteiger charge is -2.21. The SMILES string of the molecule is Cc1ccc(C#CCN)cc1NC(=O)NC(C)(C)C. The van der Waals surface area contributed by atoms with Crippen molar-refractivity contribution in [1.29, 1.82) is 0 Å². The first-order valence-electron chi connectivity index (χ1n) is 6.20. The van der Waals surface area contributed by atoms with E-state index in [0.717, 1.165) is 16.8 Å². The summed E-state index contributed by atoms with van der Waals surface area (Å²) in [6.45, 7) is 8.06. The van der Waals surface area contributed by atoms with E-state index >= 15 is 0 Å². The van der Waals surface area contributed by atoms with E-state index in [1.54, 1.807) is 0 Å². The van der Waals surface area contributed by atoms with E-state index in [0.29, 0.717) is 6.54 Å². The smallest absolute Gasteiger partial charge is 0.319 e. The Hall–Kier alpha value is -1.99. The summed E-state index contributed by atoms with van der Waals surface area (Å²) in [5.41, 5.74) is 7.65. The summed E-state index contributed by atoms with van der Waals surface area (Å²) in [6.07, 6.45) is 0. The molecule has 0 unspecified atom stereocenters. The van der Waals surface area contributed by atoms with Gasteiger partial charge in [-0.25, -0.2) is 4.79 Å². The first kappa shape index (κ1) is 15.1. The minimum absolute atomic E-state index is 0.223. The van der Waals surface area contributed by atoms with Gasteiger partial charge in [0.05, 0.1) is 6.54 Å². The molecular formula is C15H21N3O. The Morgan fingerprint density at radius 2 is 2.05 bits per heavy atom. The summed E-state index contributed by atoms with van der Waals surface area (Å²) >= 11 is 0. The van der Waals surface area contributed by atoms with Crippen molar-refractivity contribution in [3.63, 3.8) is 0 Å². The van der Waals surface area contributed by atoms with Gasteiger partial charge in [0.1, 0.15) is 0 Å². The summed E-state index contributed by atoms with van der Waals surface area (Å²) in [5, 5.41) is 5.69. The normalized spacial score (nSPS) is 10.4. The third-order valence-corrected chi connectivity index (χ3v) is 2.31. The maximum Gasteiger partial charge on any atom is 0.319 e. The molecule has 0 atom stereocenters. The Bertz CT molecular complexity index is 518. The van der Waals surface area contributed by atoms with Crippen molar-refractivity contribution < 1.29 is 4.79 Å². The average molecular weight is 259 g/mol. The van der Waals surface area contributed by atoms with Crippen molar-refractivity contribution in [1.82, 2.24) is 5.32 Å². The fraction of sp³-hybridized carbons (Fsp3) is 0.400. The van der Waals surface area contributed by atoms with Gasteiger partial charge in [0, 0.05) is 16.8 Å². The van der Waals surface area contributed by atoms with E-state index in [2.05, 4.69) is 22.5 Å². The summed E-state index contributed by atoms with van der Waals surface area (Å²) < 4.78 is 0. The molecule has 0 spiro atoms. The van der Waals surface area contributed by atoms with Crippen LogP contribution in [0.2, 0.25) is 0 Å². The number of anilines is 1. The van der Waals surface area contributed by atoms with Crippen molar-refractivity contribution >= 4 is 11.7 Å². The third kappa shape index (κ3) is 5.45. The number of amides is 2. The molecule has 0 aliphatic heterocycles. The number of nitrogens with one attached hydrogen (secondary N) is 2. The van der Waals surface area contributed by atoms with E-state index in [-0.39, 0.29) is 11.6 Å². The lowest BCUT2D eigenvalue weighted by molar-refractivity contribution is 0.244. The van der Waals surface area contributed by atoms with Crippen LogP contribution in [0.4, 0.5) is 10.5 Å². The zero-order chi connectivity index (χ0) is 14.5. The molecule has 1 aromatic rings. The largest absolute Gasteiger partial charge is 0.333 e. The summed E-state index contributed by atoms with van der Waals surface area (Å²) in [7, 11) is 0. The highest BCUT2D eigenvalue weighted by molar-refractivity contribution is 5.90. The molecule has 0 radical (unpaired) electrons. The van der Waals surface area contributed by atoms with E-state index in [1.807, 2.05) is 45.9 Å². The van der Waals surface area contributed by atoms with Crippen molar-refractivity contribution in [2.45, 2.75) is 33.2 Å². The standard InChI is InChI=1S/C15H21N3O/c1-11-7-8-12(6-5-9-16)10-13(11)17-14(19)18-15(2,3)4/h7-8,10H,9,16H2,1-4H3,(H2,17,18,19). The molecule has 4 N–H and O–H groups in total. The van der Waals surface area contributed by atoms with Crippen LogP contribution in [0.15, 0.2) is 18.2 Å². The molecule has 0 saturated heterocycles. The van der Waals surface area contributed by atoms with Crippen LogP contribution in [0.25, 0.3) is 0 Å². The predicted octanol–water partition coefficient (Wildman–Crippen LogP) is 2.23. The van der Waals surface area contributed by atoms with Crippen LogP contribution in [0.3, 0.4) is 0 Å². The summed E-state index contributed by atoms with van der Waals surface area (Å²) in [4.78, 5) is 11.8. The van der Waals surface area contributed by atoms with Gasteiger partial charge in [0.25, 0.3) is 0 Å². The van der Waals surface area contributed by atoms with Crippen LogP contribution in [0.5, 0.6) is 0 Å². The molecule has 1 aromatic carbocycles. The molecule has 0 saturated carbocycles. The molecule has 4 nitrogen and oxygen atoms in total. The molecule has 2 amide bonds. The molecule has 0 heterocycles. The zero-order valence-electron chi connectivity index (χ0n) is 11.9. The lowest BCUT2D eigenvalue weighted by atomic mass is 10.1. The van der Waals surface area contributed by atoms with Crippen LogP contribution in [0.1, 0.15) is 31.9 Å². The van der Waals surface area contributed by atoms with Gasteiger partial charge in [0.15, 0.2) is 0 Å². The van der Waals surface area contributed by atoms with Gasteiger partial charge >= 0.3 is 6.03 Å². The van der Waals surface area contributed by atoms with Crippen molar-refractivity contribution in [3.8, 4) is 11.8 Å². The zero-order valence-corrected chi connectivity index (χ0v) is 11.9. The molecule has 0 aliphatic carbocycles. The van der Waals surface area contributed by atoms with E-state index in [1.165, 1.54) is 0 Å². The fourth-order valence-electron chi connectivity index (χ4n) is 1.48. The van der Waals surface area contributed by atoms with Crippen molar-refractivity contribution in [2.24, 2.45) is 5.73 Å². The minimum atomic E-state index is -0.269. The van der Waals surface area contributed by atoms with Gasteiger partial charge in [0.2, 0.25) is 0 Å². The summed E-state index contributed by atoms with van der Waals surface area (Å²) in [5.74, 6) is 5.74. The van der Waals surface area contributed by atoms with Gasteiger partial charge in [-0.2, -0.15) is 0 Å². The fourth-order valence-corrected chi connectivity index (χ4v) is 1.48. The van der Waals surface area contributed by atoms with Crippen molar-refractivity contribution in [2.75, 3.05) is 11.9 Å². The van der Waals surface area contributed by atoms with Gasteiger partial charge in [-0.05, 0) is 45.4 Å². The highest BCUT2D eigenvalue weighted by atomic mass is 16.2. The Morgan fingerprint density at radius 3 is 2.63 bits per heavy atom. The Labute approximate surface area is 114 Å². The number of benzene rings is 1. The molecule has 102 valence electrons. The Kier molecular flexibility index (Phi) is 4.96. The topological polar surface area (TPSA) is 67.1 Å². The maximum atomic E-state index is 11.8. The van der Waals surface area contributed by atoms with Crippen LogP contribution in [-0.4, -0.2) is 18.1 Å². The van der Waals surface area contributed by atoms with Crippen LogP contribution in [-0.2, 0) is 0 Å². The van der Waals surface area contributed by atoms with E-state index < -0.39 is 0 Å². The van der Waals surface area contributed by atoms with Crippen LogP contribution in [0, 0.1) is 18.8 Å². The predicted molar refractivity (Wildman–Crippen MR) is 79.0 cm³/mol. The molecule has 0 fully saturated rings. The molecular weight excluding hydrogens is 238 g/mol. The highest BCUT2D eigenvalue weighted by Gasteiger charge is 2.14. The molecule has 4 heteroatoms. The molecule has 19 heavy (non-hydrogen) atoms. The number of carbonyl (C=O) groups is 1. The number of hydrogen-bond acceptors (Lipinski definition) is 2. The maximum absolute atomic E-state index is 11.8. The van der Waals surface area contributed by atoms with Gasteiger partial charge in [-0.3, -0.25) is 0 Å². The summed E-state index contributed by atoms with van der Waals surface area (Å²) in [6, 6.07) is 5.46. The van der Waals surface area contributed by atoms with Gasteiger partial charge in [-0.15, -0.1) is 0 Å². The highest BCUT2D eigenvalue weighted by Crippen LogP contribution is 2.16. The number of urea groups is 1. The van der Waals surface area contributed by atoms with E-state index in [4.69, 9.17) is 5.73 Å². The first-order valence-corrected chi connectivity index (χ1v) is 6.20. The number of aryl methyl sites for hydroxylation is 1. The number of hydrogen-bond donors (Lipinski definition) is 3. The second kappa shape index (κ2) is 6.26. The lowest BCUT2D eigenvalue weighted by Crippen LogP contribution is -2.43. The van der Waals surface area contributed by atoms with Crippen LogP contribution >= 0.6 is 0 Å². The van der Waals surface area contributed by atoms with Crippen molar-refractivity contribution in [3.05, 3.63) is 29.3 Å². The molecule has 0 aliphatic rings. The number of nitrogens with two attached hydrogens (primary N) is 1. The van der Waals surface area contributed by atoms with Crippen LogP contribution < -0.4 is 16.4 Å². The van der Waals surface area contributed by atoms with Gasteiger partial charge < -0.3 is 16.4 Å². The average Bonchev–Trinajstić information content (AvgIpc) is 2.27. The quantitative estimate of drug-likeness (QED) is 0.677. The first-order chi connectivity index (χ1) is 8.81. The van der Waals surface area contributed by atoms with Gasteiger partial charge in [-0.1, -0.05) is 17.9 Å². The monoisotopic (exact) mass is 259 g/mol. The molecule has 0 bridgehead atoms. The third-order valence-electron chi connectivity index (χ3n) is 2.31. The molecule has 1 rings (SSSR count). The Morgan fingerprint density at radius 1 is 1.37 bits per heavy atom. The second-order valence-electron chi connectivity index (χ2n) is 5.36. The Balaban J connectivity index is 2.85. The second-order valence-corrected chi connectivity index (χ2v) is 5.36. The number of rotatable bonds is 1. The minimum Gasteiger partial charge on any atom is -0.333 e.